The van der Waals surface area contributed by atoms with Crippen molar-refractivity contribution in [3.63, 3.8) is 0 Å². The molecule has 1 fully saturated rings. The van der Waals surface area contributed by atoms with Crippen molar-refractivity contribution < 1.29 is 23.9 Å². The highest BCUT2D eigenvalue weighted by Crippen LogP contribution is 2.29. The molecule has 8 nitrogen and oxygen atoms in total. The van der Waals surface area contributed by atoms with E-state index >= 15 is 0 Å². The van der Waals surface area contributed by atoms with E-state index < -0.39 is 4.92 Å². The number of nitro benzene ring substituents is 1. The monoisotopic (exact) mass is 460 g/mol. The number of carbonyl (C=O) groups is 1. The summed E-state index contributed by atoms with van der Waals surface area (Å²) in [6.07, 6.45) is 1.99. The summed E-state index contributed by atoms with van der Waals surface area (Å²) in [5.41, 5.74) is 1.64. The van der Waals surface area contributed by atoms with E-state index in [2.05, 4.69) is 0 Å². The number of methoxy groups -OCH3 is 2. The van der Waals surface area contributed by atoms with E-state index in [0.717, 1.165) is 36.3 Å². The highest BCUT2D eigenvalue weighted by molar-refractivity contribution is 7.99. The van der Waals surface area contributed by atoms with Crippen LogP contribution in [0.25, 0.3) is 0 Å². The van der Waals surface area contributed by atoms with Crippen LogP contribution in [0.1, 0.15) is 24.0 Å². The molecule has 1 aliphatic rings. The quantitative estimate of drug-likeness (QED) is 0.369. The number of hydrogen-bond acceptors (Lipinski definition) is 7. The lowest BCUT2D eigenvalue weighted by Crippen LogP contribution is -2.38. The average Bonchev–Trinajstić information content (AvgIpc) is 3.32. The van der Waals surface area contributed by atoms with Crippen molar-refractivity contribution in [2.75, 3.05) is 33.1 Å². The molecule has 0 spiro atoms. The van der Waals surface area contributed by atoms with Crippen LogP contribution in [0.4, 0.5) is 5.69 Å². The number of para-hydroxylation sites is 1. The van der Waals surface area contributed by atoms with Crippen LogP contribution in [0.15, 0.2) is 42.5 Å². The standard InChI is InChI=1S/C23H28N2O6S/c1-29-21-8-4-3-6-18(21)13-24(14-19-7-5-11-31-19)23(26)16-32-15-17-9-10-22(30-2)20(12-17)25(27)28/h3-4,6,8-10,12,19H,5,7,11,13-16H2,1-2H3. The largest absolute Gasteiger partial charge is 0.496 e. The fourth-order valence-corrected chi connectivity index (χ4v) is 4.52. The Morgan fingerprint density at radius 3 is 2.69 bits per heavy atom. The third-order valence-corrected chi connectivity index (χ3v) is 6.28. The molecule has 9 heteroatoms. The Morgan fingerprint density at radius 1 is 1.22 bits per heavy atom. The summed E-state index contributed by atoms with van der Waals surface area (Å²) in [4.78, 5) is 25.7. The number of benzene rings is 2. The molecule has 32 heavy (non-hydrogen) atoms. The number of nitrogens with zero attached hydrogens (tertiary/aromatic N) is 2. The summed E-state index contributed by atoms with van der Waals surface area (Å²) in [5.74, 6) is 1.72. The van der Waals surface area contributed by atoms with Gasteiger partial charge in [-0.3, -0.25) is 14.9 Å². The Morgan fingerprint density at radius 2 is 2.00 bits per heavy atom. The van der Waals surface area contributed by atoms with Gasteiger partial charge in [-0.25, -0.2) is 0 Å². The molecule has 0 saturated carbocycles. The molecule has 3 rings (SSSR count). The van der Waals surface area contributed by atoms with Crippen molar-refractivity contribution in [2.45, 2.75) is 31.2 Å². The molecular formula is C23H28N2O6S. The van der Waals surface area contributed by atoms with Crippen molar-refractivity contribution in [3.8, 4) is 11.5 Å². The molecule has 0 aromatic heterocycles. The van der Waals surface area contributed by atoms with Crippen LogP contribution in [0.3, 0.4) is 0 Å². The van der Waals surface area contributed by atoms with Gasteiger partial charge in [-0.05, 0) is 30.5 Å². The smallest absolute Gasteiger partial charge is 0.311 e. The molecule has 2 aromatic rings. The predicted molar refractivity (Wildman–Crippen MR) is 123 cm³/mol. The zero-order valence-corrected chi connectivity index (χ0v) is 19.1. The second-order valence-corrected chi connectivity index (χ2v) is 8.46. The Kier molecular flexibility index (Phi) is 8.75. The van der Waals surface area contributed by atoms with Crippen LogP contribution in [0.2, 0.25) is 0 Å². The Labute approximate surface area is 192 Å². The SMILES string of the molecule is COc1ccccc1CN(CC1CCCO1)C(=O)CSCc1ccc(OC)c([N+](=O)[O-])c1. The summed E-state index contributed by atoms with van der Waals surface area (Å²) in [7, 11) is 3.02. The van der Waals surface area contributed by atoms with Gasteiger partial charge < -0.3 is 19.1 Å². The maximum Gasteiger partial charge on any atom is 0.311 e. The molecule has 0 aliphatic carbocycles. The lowest BCUT2D eigenvalue weighted by atomic mass is 10.1. The molecule has 1 unspecified atom stereocenters. The second-order valence-electron chi connectivity index (χ2n) is 7.48. The minimum Gasteiger partial charge on any atom is -0.496 e. The number of thioether (sulfide) groups is 1. The van der Waals surface area contributed by atoms with Gasteiger partial charge in [0.2, 0.25) is 5.91 Å². The zero-order valence-electron chi connectivity index (χ0n) is 18.3. The first kappa shape index (κ1) is 23.9. The maximum absolute atomic E-state index is 13.1. The third-order valence-electron chi connectivity index (χ3n) is 5.29. The van der Waals surface area contributed by atoms with E-state index in [9.17, 15) is 14.9 Å². The number of rotatable bonds is 11. The van der Waals surface area contributed by atoms with E-state index in [1.165, 1.54) is 24.9 Å². The van der Waals surface area contributed by atoms with Crippen LogP contribution in [-0.4, -0.2) is 55.0 Å². The van der Waals surface area contributed by atoms with Crippen LogP contribution in [0, 0.1) is 10.1 Å². The summed E-state index contributed by atoms with van der Waals surface area (Å²) in [6, 6.07) is 12.5. The van der Waals surface area contributed by atoms with Crippen molar-refractivity contribution >= 4 is 23.4 Å². The first-order chi connectivity index (χ1) is 15.5. The second kappa shape index (κ2) is 11.7. The van der Waals surface area contributed by atoms with Gasteiger partial charge in [0.05, 0.1) is 31.0 Å². The molecule has 0 N–H and O–H groups in total. The van der Waals surface area contributed by atoms with Crippen molar-refractivity contribution in [3.05, 3.63) is 63.7 Å². The predicted octanol–water partition coefficient (Wildman–Crippen LogP) is 4.05. The normalized spacial score (nSPS) is 15.4. The molecule has 1 saturated heterocycles. The van der Waals surface area contributed by atoms with Gasteiger partial charge >= 0.3 is 5.69 Å². The van der Waals surface area contributed by atoms with Gasteiger partial charge in [0, 0.05) is 37.1 Å². The molecule has 1 aliphatic heterocycles. The van der Waals surface area contributed by atoms with E-state index in [0.29, 0.717) is 18.8 Å². The summed E-state index contributed by atoms with van der Waals surface area (Å²) in [6.45, 7) is 1.70. The minimum atomic E-state index is -0.464. The topological polar surface area (TPSA) is 91.1 Å². The average molecular weight is 461 g/mol. The van der Waals surface area contributed by atoms with Crippen LogP contribution < -0.4 is 9.47 Å². The van der Waals surface area contributed by atoms with Crippen molar-refractivity contribution in [1.82, 2.24) is 4.90 Å². The van der Waals surface area contributed by atoms with Crippen LogP contribution in [-0.2, 0) is 21.8 Å². The molecule has 0 radical (unpaired) electrons. The number of ether oxygens (including phenoxy) is 3. The Hall–Kier alpha value is -2.78. The molecule has 2 aromatic carbocycles. The van der Waals surface area contributed by atoms with E-state index in [4.69, 9.17) is 14.2 Å². The lowest BCUT2D eigenvalue weighted by Gasteiger charge is -2.26. The van der Waals surface area contributed by atoms with Gasteiger partial charge in [-0.15, -0.1) is 11.8 Å². The Bertz CT molecular complexity index is 932. The molecule has 1 amide bonds. The Balaban J connectivity index is 1.64. The van der Waals surface area contributed by atoms with E-state index in [1.54, 1.807) is 19.2 Å². The summed E-state index contributed by atoms with van der Waals surface area (Å²) in [5, 5.41) is 11.2. The first-order valence-corrected chi connectivity index (χ1v) is 11.6. The molecule has 1 heterocycles. The van der Waals surface area contributed by atoms with Crippen molar-refractivity contribution in [2.24, 2.45) is 0 Å². The minimum absolute atomic E-state index is 0.000539. The molecular weight excluding hydrogens is 432 g/mol. The van der Waals surface area contributed by atoms with E-state index in [-0.39, 0.29) is 29.2 Å². The number of amides is 1. The number of carbonyl (C=O) groups excluding carboxylic acids is 1. The molecule has 1 atom stereocenters. The van der Waals surface area contributed by atoms with Gasteiger partial charge in [0.15, 0.2) is 5.75 Å². The van der Waals surface area contributed by atoms with Gasteiger partial charge in [-0.2, -0.15) is 0 Å². The molecule has 0 bridgehead atoms. The van der Waals surface area contributed by atoms with Crippen LogP contribution >= 0.6 is 11.8 Å². The highest BCUT2D eigenvalue weighted by Gasteiger charge is 2.24. The van der Waals surface area contributed by atoms with Crippen molar-refractivity contribution in [1.29, 1.82) is 0 Å². The fraction of sp³-hybridized carbons (Fsp3) is 0.435. The zero-order chi connectivity index (χ0) is 22.9. The number of hydrogen-bond donors (Lipinski definition) is 0. The van der Waals surface area contributed by atoms with Gasteiger partial charge in [0.25, 0.3) is 0 Å². The summed E-state index contributed by atoms with van der Waals surface area (Å²) < 4.78 is 16.2. The third kappa shape index (κ3) is 6.37. The van der Waals surface area contributed by atoms with Gasteiger partial charge in [0.1, 0.15) is 5.75 Å². The summed E-state index contributed by atoms with van der Waals surface area (Å²) >= 11 is 1.43. The maximum atomic E-state index is 13.1. The first-order valence-electron chi connectivity index (χ1n) is 10.4. The fourth-order valence-electron chi connectivity index (χ4n) is 3.64. The van der Waals surface area contributed by atoms with Gasteiger partial charge in [-0.1, -0.05) is 24.3 Å². The van der Waals surface area contributed by atoms with E-state index in [1.807, 2.05) is 29.2 Å². The molecule has 172 valence electrons. The van der Waals surface area contributed by atoms with Crippen LogP contribution in [0.5, 0.6) is 11.5 Å². The number of nitro groups is 1. The highest BCUT2D eigenvalue weighted by atomic mass is 32.2. The lowest BCUT2D eigenvalue weighted by molar-refractivity contribution is -0.385.